The predicted octanol–water partition coefficient (Wildman–Crippen LogP) is 8.00. The number of rotatable bonds is 6. The summed E-state index contributed by atoms with van der Waals surface area (Å²) in [6.07, 6.45) is 5.98. The van der Waals surface area contributed by atoms with Crippen LogP contribution in [0.2, 0.25) is 0 Å². The molecule has 0 bridgehead atoms. The maximum absolute atomic E-state index is 15.3. The highest BCUT2D eigenvalue weighted by Gasteiger charge is 2.66. The number of anilines is 1. The molecule has 10 rings (SSSR count). The maximum Gasteiger partial charge on any atom is 0.238 e. The van der Waals surface area contributed by atoms with Crippen LogP contribution < -0.4 is 9.64 Å². The van der Waals surface area contributed by atoms with Crippen LogP contribution in [0.1, 0.15) is 45.5 Å². The fourth-order valence-electron chi connectivity index (χ4n) is 10.5. The fourth-order valence-corrected chi connectivity index (χ4v) is 10.5. The molecule has 0 aromatic heterocycles. The summed E-state index contributed by atoms with van der Waals surface area (Å²) in [6.45, 7) is 0. The summed E-state index contributed by atoms with van der Waals surface area (Å²) in [5, 5.41) is 10.5. The van der Waals surface area contributed by atoms with Crippen LogP contribution in [0.15, 0.2) is 163 Å². The zero-order valence-corrected chi connectivity index (χ0v) is 31.3. The van der Waals surface area contributed by atoms with Gasteiger partial charge in [-0.25, -0.2) is 0 Å². The van der Waals surface area contributed by atoms with Gasteiger partial charge in [0, 0.05) is 40.5 Å². The Hall–Kier alpha value is -6.93. The van der Waals surface area contributed by atoms with Gasteiger partial charge in [-0.15, -0.1) is 0 Å². The largest absolute Gasteiger partial charge is 0.508 e. The number of Topliss-reactive ketones (excluding diaryl/α,β-unsaturated/α-hetero) is 1. The van der Waals surface area contributed by atoms with Gasteiger partial charge in [-0.2, -0.15) is 0 Å². The van der Waals surface area contributed by atoms with Crippen molar-refractivity contribution < 1.29 is 33.8 Å². The van der Waals surface area contributed by atoms with Crippen molar-refractivity contribution >= 4 is 40.4 Å². The lowest BCUT2D eigenvalue weighted by atomic mass is 9.44. The van der Waals surface area contributed by atoms with E-state index in [0.29, 0.717) is 45.7 Å². The second kappa shape index (κ2) is 13.6. The van der Waals surface area contributed by atoms with Gasteiger partial charge in [0.1, 0.15) is 11.5 Å². The Balaban J connectivity index is 1.10. The molecule has 2 amide bonds. The van der Waals surface area contributed by atoms with Crippen LogP contribution in [0.4, 0.5) is 5.69 Å². The van der Waals surface area contributed by atoms with Crippen LogP contribution in [-0.2, 0) is 31.0 Å². The molecule has 58 heavy (non-hydrogen) atoms. The van der Waals surface area contributed by atoms with Crippen LogP contribution in [0.25, 0.3) is 5.57 Å². The minimum atomic E-state index is -1.39. The molecule has 1 N–H and O–H groups in total. The van der Waals surface area contributed by atoms with E-state index < -0.39 is 35.0 Å². The number of benzene rings is 5. The van der Waals surface area contributed by atoms with Crippen LogP contribution in [0, 0.1) is 29.6 Å². The first kappa shape index (κ1) is 35.5. The highest BCUT2D eigenvalue weighted by Crippen LogP contribution is 2.63. The topological polar surface area (TPSA) is 118 Å². The van der Waals surface area contributed by atoms with Gasteiger partial charge in [0.25, 0.3) is 0 Å². The summed E-state index contributed by atoms with van der Waals surface area (Å²) in [5.41, 5.74) is 3.92. The molecule has 1 saturated heterocycles. The molecule has 8 nitrogen and oxygen atoms in total. The van der Waals surface area contributed by atoms with E-state index >= 15 is 9.59 Å². The van der Waals surface area contributed by atoms with E-state index in [-0.39, 0.29) is 47.8 Å². The van der Waals surface area contributed by atoms with Gasteiger partial charge in [0.2, 0.25) is 11.8 Å². The summed E-state index contributed by atoms with van der Waals surface area (Å²) >= 11 is 0. The van der Waals surface area contributed by atoms with Crippen molar-refractivity contribution in [2.45, 2.75) is 24.7 Å². The number of imide groups is 1. The van der Waals surface area contributed by atoms with E-state index in [1.165, 1.54) is 11.0 Å². The average molecular weight is 764 g/mol. The van der Waals surface area contributed by atoms with Gasteiger partial charge >= 0.3 is 0 Å². The number of aromatic hydroxyl groups is 1. The Morgan fingerprint density at radius 1 is 0.741 bits per heavy atom. The number of phenols is 1. The molecular formula is C50H37NO7. The highest BCUT2D eigenvalue weighted by atomic mass is 16.5. The zero-order chi connectivity index (χ0) is 39.7. The number of hydrogen-bond donors (Lipinski definition) is 1. The van der Waals surface area contributed by atoms with E-state index in [9.17, 15) is 19.5 Å². The van der Waals surface area contributed by atoms with Crippen molar-refractivity contribution in [1.82, 2.24) is 0 Å². The Bertz CT molecular complexity index is 2640. The van der Waals surface area contributed by atoms with Crippen LogP contribution in [0.3, 0.4) is 0 Å². The van der Waals surface area contributed by atoms with Crippen LogP contribution >= 0.6 is 0 Å². The molecule has 5 aromatic rings. The Morgan fingerprint density at radius 3 is 2.14 bits per heavy atom. The first-order valence-corrected chi connectivity index (χ1v) is 19.6. The van der Waals surface area contributed by atoms with E-state index in [2.05, 4.69) is 0 Å². The Kier molecular flexibility index (Phi) is 8.33. The number of nitrogens with zero attached hydrogens (tertiary/aromatic N) is 1. The lowest BCUT2D eigenvalue weighted by molar-refractivity contribution is -0.136. The third-order valence-electron chi connectivity index (χ3n) is 12.9. The van der Waals surface area contributed by atoms with Crippen molar-refractivity contribution in [3.63, 3.8) is 0 Å². The number of fused-ring (bicyclic) bond motifs is 5. The number of allylic oxidation sites excluding steroid dienone is 5. The Morgan fingerprint density at radius 2 is 1.41 bits per heavy atom. The number of amides is 2. The van der Waals surface area contributed by atoms with Gasteiger partial charge in [0.15, 0.2) is 17.3 Å². The summed E-state index contributed by atoms with van der Waals surface area (Å²) in [6, 6.07) is 39.0. The number of ketones is 3. The SMILES string of the molecule is O=C(c1ccccc1)c1ccc(N2C(=O)[C@H]3[C@H](CC=C4[C@H](C5=COc6ccc(O)cc6C5)[C@]5(c6ccccc6)C(=O)C=C(c6ccccc6)C(=O)[C@@H]5C[C@H]43)C2=O)cc1. The molecule has 0 spiro atoms. The van der Waals surface area contributed by atoms with Gasteiger partial charge in [-0.3, -0.25) is 28.9 Å². The second-order valence-corrected chi connectivity index (χ2v) is 15.8. The van der Waals surface area contributed by atoms with Crippen molar-refractivity contribution in [2.24, 2.45) is 29.6 Å². The molecule has 2 aliphatic heterocycles. The van der Waals surface area contributed by atoms with E-state index in [1.807, 2.05) is 72.8 Å². The molecule has 5 aromatic carbocycles. The maximum atomic E-state index is 15.3. The van der Waals surface area contributed by atoms with Gasteiger partial charge in [-0.1, -0.05) is 103 Å². The lowest BCUT2D eigenvalue weighted by Gasteiger charge is -2.56. The monoisotopic (exact) mass is 763 g/mol. The normalized spacial score (nSPS) is 26.0. The molecule has 2 heterocycles. The zero-order valence-electron chi connectivity index (χ0n) is 31.3. The van der Waals surface area contributed by atoms with Crippen molar-refractivity contribution in [3.05, 3.63) is 191 Å². The molecular weight excluding hydrogens is 727 g/mol. The third kappa shape index (κ3) is 5.31. The fraction of sp³-hybridized carbons (Fsp3) is 0.180. The van der Waals surface area contributed by atoms with Gasteiger partial charge in [-0.05, 0) is 84.0 Å². The minimum absolute atomic E-state index is 0.0764. The van der Waals surface area contributed by atoms with E-state index in [4.69, 9.17) is 4.74 Å². The van der Waals surface area contributed by atoms with Crippen LogP contribution in [-0.4, -0.2) is 34.3 Å². The summed E-state index contributed by atoms with van der Waals surface area (Å²) in [4.78, 5) is 74.2. The Labute approximate surface area is 334 Å². The van der Waals surface area contributed by atoms with Crippen molar-refractivity contribution in [3.8, 4) is 11.5 Å². The first-order chi connectivity index (χ1) is 28.3. The molecule has 0 radical (unpaired) electrons. The first-order valence-electron chi connectivity index (χ1n) is 19.6. The second-order valence-electron chi connectivity index (χ2n) is 15.8. The number of phenolic OH excluding ortho intramolecular Hbond substituents is 1. The quantitative estimate of drug-likeness (QED) is 0.106. The van der Waals surface area contributed by atoms with Crippen LogP contribution in [0.5, 0.6) is 11.5 Å². The van der Waals surface area contributed by atoms with E-state index in [0.717, 1.165) is 16.7 Å². The van der Waals surface area contributed by atoms with Gasteiger partial charge in [0.05, 0.1) is 29.2 Å². The molecule has 2 fully saturated rings. The van der Waals surface area contributed by atoms with Gasteiger partial charge < -0.3 is 9.84 Å². The summed E-state index contributed by atoms with van der Waals surface area (Å²) < 4.78 is 6.23. The summed E-state index contributed by atoms with van der Waals surface area (Å²) in [7, 11) is 0. The number of carbonyl (C=O) groups excluding carboxylic acids is 5. The molecule has 1 saturated carbocycles. The van der Waals surface area contributed by atoms with E-state index in [1.54, 1.807) is 73.0 Å². The molecule has 284 valence electrons. The molecule has 8 heteroatoms. The molecule has 3 aliphatic carbocycles. The number of carbonyl (C=O) groups is 5. The summed E-state index contributed by atoms with van der Waals surface area (Å²) in [5.74, 6) is -4.22. The lowest BCUT2D eigenvalue weighted by Crippen LogP contribution is -2.60. The molecule has 0 unspecified atom stereocenters. The standard InChI is InChI=1S/C50H37NO7/c52-36-20-23-42-32(25-36)24-33(28-58-42)45-37-21-22-38-44(49(57)51(48(38)56)35-18-16-31(17-19-35)46(54)30-12-6-2-7-13-30)40(37)26-41-47(55)39(29-10-4-1-5-11-29)27-43(53)50(41,45)34-14-8-3-9-15-34/h1-21,23,25,27-28,38,40-41,44-45,52H,22,24,26H2/t38-,40+,41-,44-,45-,50-/m0/s1. The third-order valence-corrected chi connectivity index (χ3v) is 12.9. The molecule has 5 aliphatic rings. The number of hydrogen-bond acceptors (Lipinski definition) is 7. The van der Waals surface area contributed by atoms with Crippen molar-refractivity contribution in [2.75, 3.05) is 4.90 Å². The molecule has 6 atom stereocenters. The highest BCUT2D eigenvalue weighted by molar-refractivity contribution is 6.32. The van der Waals surface area contributed by atoms with Crippen molar-refractivity contribution in [1.29, 1.82) is 0 Å². The smallest absolute Gasteiger partial charge is 0.238 e. The minimum Gasteiger partial charge on any atom is -0.508 e. The predicted molar refractivity (Wildman–Crippen MR) is 217 cm³/mol. The average Bonchev–Trinajstić information content (AvgIpc) is 3.53. The number of ether oxygens (including phenoxy) is 1.